The van der Waals surface area contributed by atoms with Crippen molar-refractivity contribution in [3.63, 3.8) is 0 Å². The first kappa shape index (κ1) is 15.8. The van der Waals surface area contributed by atoms with Crippen LogP contribution < -0.4 is 5.32 Å². The SMILES string of the molecule is CO[C@@H]1CN[C@@H](C(=O)N(C)Cc2cc(F)c(F)c(F)c2)C1. The Morgan fingerprint density at radius 2 is 2.00 bits per heavy atom. The quantitative estimate of drug-likeness (QED) is 0.856. The zero-order chi connectivity index (χ0) is 15.6. The molecule has 0 aromatic heterocycles. The van der Waals surface area contributed by atoms with Crippen LogP contribution in [0.3, 0.4) is 0 Å². The molecule has 7 heteroatoms. The van der Waals surface area contributed by atoms with Crippen LogP contribution in [0.25, 0.3) is 0 Å². The molecule has 1 N–H and O–H groups in total. The van der Waals surface area contributed by atoms with Gasteiger partial charge in [0.05, 0.1) is 12.1 Å². The molecular formula is C14H17F3N2O2. The van der Waals surface area contributed by atoms with Crippen molar-refractivity contribution in [1.82, 2.24) is 10.2 Å². The summed E-state index contributed by atoms with van der Waals surface area (Å²) in [5.41, 5.74) is 0.198. The van der Waals surface area contributed by atoms with Crippen molar-refractivity contribution in [1.29, 1.82) is 0 Å². The number of benzene rings is 1. The van der Waals surface area contributed by atoms with Gasteiger partial charge in [0, 0.05) is 27.2 Å². The molecule has 1 aromatic carbocycles. The Hall–Kier alpha value is -1.60. The van der Waals surface area contributed by atoms with Crippen LogP contribution in [-0.4, -0.2) is 43.7 Å². The first-order valence-corrected chi connectivity index (χ1v) is 6.57. The normalized spacial score (nSPS) is 21.6. The van der Waals surface area contributed by atoms with E-state index in [9.17, 15) is 18.0 Å². The van der Waals surface area contributed by atoms with Crippen LogP contribution in [-0.2, 0) is 16.1 Å². The molecule has 116 valence electrons. The lowest BCUT2D eigenvalue weighted by Gasteiger charge is -2.21. The Bertz CT molecular complexity index is 516. The summed E-state index contributed by atoms with van der Waals surface area (Å²) < 4.78 is 44.3. The summed E-state index contributed by atoms with van der Waals surface area (Å²) >= 11 is 0. The molecule has 0 bridgehead atoms. The van der Waals surface area contributed by atoms with E-state index >= 15 is 0 Å². The third-order valence-corrected chi connectivity index (χ3v) is 3.56. The highest BCUT2D eigenvalue weighted by Crippen LogP contribution is 2.16. The fourth-order valence-corrected chi connectivity index (χ4v) is 2.39. The van der Waals surface area contributed by atoms with E-state index in [0.717, 1.165) is 12.1 Å². The van der Waals surface area contributed by atoms with E-state index < -0.39 is 17.5 Å². The maximum atomic E-state index is 13.1. The summed E-state index contributed by atoms with van der Waals surface area (Å²) in [7, 11) is 3.11. The monoisotopic (exact) mass is 302 g/mol. The van der Waals surface area contributed by atoms with Crippen LogP contribution >= 0.6 is 0 Å². The van der Waals surface area contributed by atoms with Gasteiger partial charge in [-0.2, -0.15) is 0 Å². The number of amides is 1. The third-order valence-electron chi connectivity index (χ3n) is 3.56. The molecule has 1 aromatic rings. The summed E-state index contributed by atoms with van der Waals surface area (Å²) in [4.78, 5) is 13.5. The molecular weight excluding hydrogens is 285 g/mol. The number of nitrogens with one attached hydrogen (secondary N) is 1. The fraction of sp³-hybridized carbons (Fsp3) is 0.500. The minimum absolute atomic E-state index is 0.00276. The van der Waals surface area contributed by atoms with Crippen LogP contribution in [0.4, 0.5) is 13.2 Å². The standard InChI is InChI=1S/C14H17F3N2O2/c1-19(14(20)12-5-9(21-2)6-18-12)7-8-3-10(15)13(17)11(16)4-8/h3-4,9,12,18H,5-7H2,1-2H3/t9-,12+/m0/s1. The third kappa shape index (κ3) is 3.54. The van der Waals surface area contributed by atoms with Gasteiger partial charge in [0.15, 0.2) is 17.5 Å². The van der Waals surface area contributed by atoms with Crippen molar-refractivity contribution in [3.05, 3.63) is 35.1 Å². The van der Waals surface area contributed by atoms with Crippen LogP contribution in [0.5, 0.6) is 0 Å². The molecule has 0 spiro atoms. The maximum Gasteiger partial charge on any atom is 0.239 e. The summed E-state index contributed by atoms with van der Waals surface area (Å²) in [6.07, 6.45) is 0.527. The largest absolute Gasteiger partial charge is 0.380 e. The maximum absolute atomic E-state index is 13.1. The van der Waals surface area contributed by atoms with Crippen molar-refractivity contribution in [2.45, 2.75) is 25.1 Å². The van der Waals surface area contributed by atoms with Crippen LogP contribution in [0.15, 0.2) is 12.1 Å². The molecule has 0 radical (unpaired) electrons. The van der Waals surface area contributed by atoms with Crippen molar-refractivity contribution in [3.8, 4) is 0 Å². The second kappa shape index (κ2) is 6.44. The molecule has 21 heavy (non-hydrogen) atoms. The van der Waals surface area contributed by atoms with E-state index in [-0.39, 0.29) is 30.2 Å². The van der Waals surface area contributed by atoms with Gasteiger partial charge in [0.25, 0.3) is 0 Å². The van der Waals surface area contributed by atoms with Crippen LogP contribution in [0.1, 0.15) is 12.0 Å². The molecule has 1 heterocycles. The van der Waals surface area contributed by atoms with Crippen LogP contribution in [0, 0.1) is 17.5 Å². The van der Waals surface area contributed by atoms with E-state index in [4.69, 9.17) is 4.74 Å². The van der Waals surface area contributed by atoms with Gasteiger partial charge in [-0.25, -0.2) is 13.2 Å². The number of likely N-dealkylation sites (N-methyl/N-ethyl adjacent to an activating group) is 1. The Balaban J connectivity index is 2.01. The zero-order valence-corrected chi connectivity index (χ0v) is 11.8. The number of rotatable bonds is 4. The van der Waals surface area contributed by atoms with E-state index in [1.807, 2.05) is 0 Å². The fourth-order valence-electron chi connectivity index (χ4n) is 2.39. The number of nitrogens with zero attached hydrogens (tertiary/aromatic N) is 1. The Morgan fingerprint density at radius 3 is 2.52 bits per heavy atom. The number of carbonyl (C=O) groups excluding carboxylic acids is 1. The lowest BCUT2D eigenvalue weighted by molar-refractivity contribution is -0.132. The number of halogens is 3. The topological polar surface area (TPSA) is 41.6 Å². The van der Waals surface area contributed by atoms with Gasteiger partial charge in [-0.15, -0.1) is 0 Å². The van der Waals surface area contributed by atoms with Crippen molar-refractivity contribution in [2.24, 2.45) is 0 Å². The smallest absolute Gasteiger partial charge is 0.239 e. The van der Waals surface area contributed by atoms with E-state index in [1.54, 1.807) is 7.11 Å². The number of methoxy groups -OCH3 is 1. The molecule has 2 rings (SSSR count). The molecule has 1 amide bonds. The molecule has 1 fully saturated rings. The summed E-state index contributed by atoms with van der Waals surface area (Å²) in [5, 5.41) is 3.03. The van der Waals surface area contributed by atoms with Crippen LogP contribution in [0.2, 0.25) is 0 Å². The predicted octanol–water partition coefficient (Wildman–Crippen LogP) is 1.44. The summed E-state index contributed by atoms with van der Waals surface area (Å²) in [6.45, 7) is 0.587. The van der Waals surface area contributed by atoms with Gasteiger partial charge in [-0.1, -0.05) is 0 Å². The predicted molar refractivity (Wildman–Crippen MR) is 70.0 cm³/mol. The van der Waals surface area contributed by atoms with Gasteiger partial charge in [0.1, 0.15) is 0 Å². The molecule has 0 unspecified atom stereocenters. The number of ether oxygens (including phenoxy) is 1. The lowest BCUT2D eigenvalue weighted by atomic mass is 10.1. The molecule has 1 aliphatic heterocycles. The van der Waals surface area contributed by atoms with Gasteiger partial charge < -0.3 is 15.0 Å². The number of carbonyl (C=O) groups is 1. The Kier molecular flexibility index (Phi) is 4.84. The minimum Gasteiger partial charge on any atom is -0.380 e. The van der Waals surface area contributed by atoms with Gasteiger partial charge in [-0.05, 0) is 24.1 Å². The molecule has 2 atom stereocenters. The number of hydrogen-bond donors (Lipinski definition) is 1. The van der Waals surface area contributed by atoms with E-state index in [0.29, 0.717) is 13.0 Å². The second-order valence-electron chi connectivity index (χ2n) is 5.12. The highest BCUT2D eigenvalue weighted by Gasteiger charge is 2.31. The average Bonchev–Trinajstić information content (AvgIpc) is 2.92. The number of hydrogen-bond acceptors (Lipinski definition) is 3. The highest BCUT2D eigenvalue weighted by atomic mass is 19.2. The molecule has 1 saturated heterocycles. The van der Waals surface area contributed by atoms with Crippen molar-refractivity contribution < 1.29 is 22.7 Å². The van der Waals surface area contributed by atoms with E-state index in [2.05, 4.69) is 5.32 Å². The van der Waals surface area contributed by atoms with Crippen molar-refractivity contribution in [2.75, 3.05) is 20.7 Å². The second-order valence-corrected chi connectivity index (χ2v) is 5.12. The van der Waals surface area contributed by atoms with Gasteiger partial charge >= 0.3 is 0 Å². The summed E-state index contributed by atoms with van der Waals surface area (Å²) in [5.74, 6) is -4.22. The zero-order valence-electron chi connectivity index (χ0n) is 11.8. The molecule has 0 saturated carbocycles. The first-order chi connectivity index (χ1) is 9.92. The molecule has 0 aliphatic carbocycles. The first-order valence-electron chi connectivity index (χ1n) is 6.57. The van der Waals surface area contributed by atoms with E-state index in [1.165, 1.54) is 11.9 Å². The highest BCUT2D eigenvalue weighted by molar-refractivity contribution is 5.82. The minimum atomic E-state index is -1.51. The average molecular weight is 302 g/mol. The molecule has 1 aliphatic rings. The van der Waals surface area contributed by atoms with Crippen molar-refractivity contribution >= 4 is 5.91 Å². The van der Waals surface area contributed by atoms with Gasteiger partial charge in [-0.3, -0.25) is 4.79 Å². The molecule has 4 nitrogen and oxygen atoms in total. The van der Waals surface area contributed by atoms with Gasteiger partial charge in [0.2, 0.25) is 5.91 Å². The Morgan fingerprint density at radius 1 is 1.38 bits per heavy atom. The lowest BCUT2D eigenvalue weighted by Crippen LogP contribution is -2.41. The summed E-state index contributed by atoms with van der Waals surface area (Å²) in [6, 6.07) is 1.40. The Labute approximate surface area is 120 Å².